The van der Waals surface area contributed by atoms with E-state index < -0.39 is 0 Å². The van der Waals surface area contributed by atoms with Crippen LogP contribution in [0.25, 0.3) is 0 Å². The number of rotatable bonds is 10. The maximum atomic E-state index is 14.4. The molecule has 196 valence electrons. The number of ether oxygens (including phenoxy) is 2. The minimum Gasteiger partial charge on any atom is -0.488 e. The van der Waals surface area contributed by atoms with Crippen LogP contribution in [-0.2, 0) is 29.1 Å². The van der Waals surface area contributed by atoms with Crippen LogP contribution in [0.2, 0.25) is 0 Å². The summed E-state index contributed by atoms with van der Waals surface area (Å²) in [5.74, 6) is -0.183. The molecule has 0 radical (unpaired) electrons. The SMILES string of the molecule is C=CC=C1C=CC2(CCN(Cc3ccc(COc4ccc(CCC(=O)OCC)c(F)c4)s3)CC2)C1=CC. The van der Waals surface area contributed by atoms with Crippen LogP contribution in [0.15, 0.2) is 78.4 Å². The van der Waals surface area contributed by atoms with Gasteiger partial charge in [-0.25, -0.2) is 4.39 Å². The molecule has 0 bridgehead atoms. The van der Waals surface area contributed by atoms with Crippen molar-refractivity contribution in [2.75, 3.05) is 19.7 Å². The van der Waals surface area contributed by atoms with E-state index in [9.17, 15) is 9.18 Å². The second-order valence-electron chi connectivity index (χ2n) is 9.54. The van der Waals surface area contributed by atoms with Crippen LogP contribution < -0.4 is 4.74 Å². The van der Waals surface area contributed by atoms with E-state index in [4.69, 9.17) is 9.47 Å². The average molecular weight is 522 g/mol. The van der Waals surface area contributed by atoms with E-state index >= 15 is 0 Å². The van der Waals surface area contributed by atoms with E-state index in [1.54, 1.807) is 30.4 Å². The van der Waals surface area contributed by atoms with E-state index in [-0.39, 0.29) is 23.6 Å². The summed E-state index contributed by atoms with van der Waals surface area (Å²) in [4.78, 5) is 16.5. The Kier molecular flexibility index (Phi) is 9.17. The van der Waals surface area contributed by atoms with Gasteiger partial charge < -0.3 is 9.47 Å². The Hall–Kier alpha value is -2.96. The predicted octanol–water partition coefficient (Wildman–Crippen LogP) is 7.17. The van der Waals surface area contributed by atoms with E-state index in [0.29, 0.717) is 30.9 Å². The van der Waals surface area contributed by atoms with Crippen LogP contribution in [-0.4, -0.2) is 30.6 Å². The molecule has 1 aliphatic heterocycles. The lowest BCUT2D eigenvalue weighted by Crippen LogP contribution is -2.38. The monoisotopic (exact) mass is 521 g/mol. The highest BCUT2D eigenvalue weighted by Crippen LogP contribution is 2.48. The molecule has 0 amide bonds. The number of aryl methyl sites for hydroxylation is 1. The zero-order valence-electron chi connectivity index (χ0n) is 21.8. The van der Waals surface area contributed by atoms with E-state index in [1.165, 1.54) is 22.1 Å². The number of hydrogen-bond donors (Lipinski definition) is 0. The lowest BCUT2D eigenvalue weighted by molar-refractivity contribution is -0.143. The molecule has 2 aliphatic rings. The molecule has 2 aromatic rings. The molecular weight excluding hydrogens is 485 g/mol. The molecule has 1 aliphatic carbocycles. The number of likely N-dealkylation sites (tertiary alicyclic amines) is 1. The summed E-state index contributed by atoms with van der Waals surface area (Å²) in [7, 11) is 0. The summed E-state index contributed by atoms with van der Waals surface area (Å²) in [6.45, 7) is 11.6. The second kappa shape index (κ2) is 12.5. The number of allylic oxidation sites excluding steroid dienone is 7. The number of halogens is 1. The fourth-order valence-electron chi connectivity index (χ4n) is 5.24. The van der Waals surface area contributed by atoms with Crippen molar-refractivity contribution in [3.63, 3.8) is 0 Å². The van der Waals surface area contributed by atoms with Gasteiger partial charge in [-0.3, -0.25) is 9.69 Å². The van der Waals surface area contributed by atoms with Gasteiger partial charge in [0.05, 0.1) is 6.61 Å². The molecule has 4 nitrogen and oxygen atoms in total. The zero-order valence-corrected chi connectivity index (χ0v) is 22.6. The van der Waals surface area contributed by atoms with Crippen LogP contribution in [0.4, 0.5) is 4.39 Å². The van der Waals surface area contributed by atoms with Gasteiger partial charge in [-0.2, -0.15) is 0 Å². The third-order valence-corrected chi connectivity index (χ3v) is 8.21. The van der Waals surface area contributed by atoms with Crippen molar-refractivity contribution in [1.82, 2.24) is 4.90 Å². The van der Waals surface area contributed by atoms with Gasteiger partial charge in [-0.1, -0.05) is 43.0 Å². The molecule has 6 heteroatoms. The summed E-state index contributed by atoms with van der Waals surface area (Å²) in [5, 5.41) is 0. The number of nitrogens with zero attached hydrogens (tertiary/aromatic N) is 1. The fraction of sp³-hybridized carbons (Fsp3) is 0.387. The van der Waals surface area contributed by atoms with Crippen LogP contribution >= 0.6 is 11.3 Å². The highest BCUT2D eigenvalue weighted by Gasteiger charge is 2.39. The zero-order chi connectivity index (χ0) is 26.3. The van der Waals surface area contributed by atoms with Crippen molar-refractivity contribution in [1.29, 1.82) is 0 Å². The molecule has 1 spiro atoms. The highest BCUT2D eigenvalue weighted by atomic mass is 32.1. The molecule has 1 aromatic heterocycles. The lowest BCUT2D eigenvalue weighted by Gasteiger charge is -2.39. The Morgan fingerprint density at radius 2 is 2.00 bits per heavy atom. The number of esters is 1. The van der Waals surface area contributed by atoms with Crippen LogP contribution in [0, 0.1) is 11.2 Å². The first-order valence-corrected chi connectivity index (χ1v) is 13.8. The lowest BCUT2D eigenvalue weighted by atomic mass is 9.73. The smallest absolute Gasteiger partial charge is 0.306 e. The van der Waals surface area contributed by atoms with Crippen molar-refractivity contribution in [3.8, 4) is 5.75 Å². The number of hydrogen-bond acceptors (Lipinski definition) is 5. The number of thiophene rings is 1. The van der Waals surface area contributed by atoms with Gasteiger partial charge in [-0.15, -0.1) is 11.3 Å². The Morgan fingerprint density at radius 3 is 2.70 bits per heavy atom. The molecule has 0 saturated carbocycles. The maximum Gasteiger partial charge on any atom is 0.306 e. The summed E-state index contributed by atoms with van der Waals surface area (Å²) in [6, 6.07) is 9.10. The molecule has 37 heavy (non-hydrogen) atoms. The molecule has 1 aromatic carbocycles. The number of piperidine rings is 1. The largest absolute Gasteiger partial charge is 0.488 e. The third kappa shape index (κ3) is 6.68. The molecule has 0 unspecified atom stereocenters. The molecule has 4 rings (SSSR count). The topological polar surface area (TPSA) is 38.8 Å². The first-order chi connectivity index (χ1) is 18.0. The van der Waals surface area contributed by atoms with Crippen molar-refractivity contribution < 1.29 is 18.7 Å². The van der Waals surface area contributed by atoms with Crippen molar-refractivity contribution in [2.45, 2.75) is 52.7 Å². The molecule has 1 fully saturated rings. The molecule has 0 N–H and O–H groups in total. The quantitative estimate of drug-likeness (QED) is 0.311. The number of carbonyl (C=O) groups excluding carboxylic acids is 1. The van der Waals surface area contributed by atoms with Gasteiger partial charge in [0.2, 0.25) is 0 Å². The summed E-state index contributed by atoms with van der Waals surface area (Å²) < 4.78 is 25.2. The normalized spacial score (nSPS) is 19.1. The van der Waals surface area contributed by atoms with Gasteiger partial charge in [0.15, 0.2) is 0 Å². The average Bonchev–Trinajstić information content (AvgIpc) is 3.48. The Bertz CT molecular complexity index is 1200. The van der Waals surface area contributed by atoms with Crippen molar-refractivity contribution in [3.05, 3.63) is 99.6 Å². The second-order valence-corrected chi connectivity index (χ2v) is 10.8. The predicted molar refractivity (Wildman–Crippen MR) is 148 cm³/mol. The van der Waals surface area contributed by atoms with Crippen LogP contribution in [0.5, 0.6) is 5.75 Å². The van der Waals surface area contributed by atoms with Crippen LogP contribution in [0.3, 0.4) is 0 Å². The summed E-state index contributed by atoms with van der Waals surface area (Å²) in [5.41, 5.74) is 3.38. The number of benzene rings is 1. The molecule has 2 heterocycles. The highest BCUT2D eigenvalue weighted by molar-refractivity contribution is 7.11. The van der Waals surface area contributed by atoms with Crippen LogP contribution in [0.1, 0.15) is 48.4 Å². The fourth-order valence-corrected chi connectivity index (χ4v) is 6.21. The molecular formula is C31H36FNO3S. The maximum absolute atomic E-state index is 14.4. The molecule has 1 saturated heterocycles. The van der Waals surface area contributed by atoms with Gasteiger partial charge in [0.1, 0.15) is 18.2 Å². The standard InChI is InChI=1S/C31H36FNO3S/c1-4-7-23-14-15-31(28(23)5-2)16-18-33(19-17-31)21-26-11-12-27(37-26)22-36-25-10-8-24(29(32)20-25)9-13-30(34)35-6-3/h4-5,7-8,10-12,14-15,20H,1,6,9,13,16-19,21-22H2,2-3H3. The van der Waals surface area contributed by atoms with E-state index in [2.05, 4.69) is 54.8 Å². The van der Waals surface area contributed by atoms with Gasteiger partial charge >= 0.3 is 5.97 Å². The van der Waals surface area contributed by atoms with Gasteiger partial charge in [0, 0.05) is 34.2 Å². The van der Waals surface area contributed by atoms with Gasteiger partial charge in [0.25, 0.3) is 0 Å². The van der Waals surface area contributed by atoms with Crippen molar-refractivity contribution in [2.24, 2.45) is 5.41 Å². The number of carbonyl (C=O) groups is 1. The molecule has 0 atom stereocenters. The minimum atomic E-state index is -0.359. The first kappa shape index (κ1) is 27.1. The third-order valence-electron chi connectivity index (χ3n) is 7.17. The minimum absolute atomic E-state index is 0.165. The van der Waals surface area contributed by atoms with Crippen molar-refractivity contribution >= 4 is 17.3 Å². The summed E-state index contributed by atoms with van der Waals surface area (Å²) in [6.07, 6.45) is 13.6. The Balaban J connectivity index is 1.25. The summed E-state index contributed by atoms with van der Waals surface area (Å²) >= 11 is 1.75. The van der Waals surface area contributed by atoms with E-state index in [0.717, 1.165) is 37.4 Å². The van der Waals surface area contributed by atoms with E-state index in [1.807, 2.05) is 6.08 Å². The first-order valence-electron chi connectivity index (χ1n) is 13.0. The Morgan fingerprint density at radius 1 is 1.22 bits per heavy atom. The van der Waals surface area contributed by atoms with Gasteiger partial charge in [-0.05, 0) is 81.1 Å². The Labute approximate surface area is 223 Å².